The molecule has 0 saturated carbocycles. The fourth-order valence-corrected chi connectivity index (χ4v) is 1.35. The van der Waals surface area contributed by atoms with Gasteiger partial charge >= 0.3 is 0 Å². The number of aliphatic hydroxyl groups is 1. The lowest BCUT2D eigenvalue weighted by Crippen LogP contribution is -2.04. The maximum absolute atomic E-state index is 8.75. The third-order valence-electron chi connectivity index (χ3n) is 1.23. The van der Waals surface area contributed by atoms with Crippen LogP contribution in [0.4, 0.5) is 0 Å². The second-order valence-corrected chi connectivity index (χ2v) is 3.68. The first-order chi connectivity index (χ1) is 5.24. The van der Waals surface area contributed by atoms with E-state index in [0.717, 1.165) is 5.16 Å². The lowest BCUT2D eigenvalue weighted by Gasteiger charge is -2.04. The predicted molar refractivity (Wildman–Crippen MR) is 43.4 cm³/mol. The van der Waals surface area contributed by atoms with Crippen molar-refractivity contribution in [2.45, 2.75) is 17.3 Å². The molecule has 5 heteroatoms. The molecule has 0 fully saturated rings. The second kappa shape index (κ2) is 3.73. The molecule has 1 rings (SSSR count). The van der Waals surface area contributed by atoms with E-state index in [4.69, 9.17) is 5.11 Å². The number of thioether (sulfide) groups is 1. The Morgan fingerprint density at radius 3 is 3.00 bits per heavy atom. The Kier molecular flexibility index (Phi) is 2.90. The zero-order valence-electron chi connectivity index (χ0n) is 6.56. The Balaban J connectivity index is 2.56. The van der Waals surface area contributed by atoms with Crippen molar-refractivity contribution in [1.82, 2.24) is 14.8 Å². The molecule has 0 spiro atoms. The molecule has 1 aromatic heterocycles. The Bertz CT molecular complexity index is 225. The summed E-state index contributed by atoms with van der Waals surface area (Å²) in [7, 11) is 1.83. The fourth-order valence-electron chi connectivity index (χ4n) is 0.610. The molecular formula is C6H11N3OS. The summed E-state index contributed by atoms with van der Waals surface area (Å²) < 4.78 is 1.69. The minimum absolute atomic E-state index is 0.164. The summed E-state index contributed by atoms with van der Waals surface area (Å²) in [5, 5.41) is 13.7. The van der Waals surface area contributed by atoms with Gasteiger partial charge in [0.05, 0.1) is 6.61 Å². The van der Waals surface area contributed by atoms with Crippen LogP contribution < -0.4 is 0 Å². The maximum atomic E-state index is 8.75. The molecule has 1 N–H and O–H groups in total. The molecule has 0 radical (unpaired) electrons. The van der Waals surface area contributed by atoms with Crippen LogP contribution >= 0.6 is 11.8 Å². The fraction of sp³-hybridized carbons (Fsp3) is 0.667. The molecule has 0 aliphatic heterocycles. The smallest absolute Gasteiger partial charge is 0.186 e. The van der Waals surface area contributed by atoms with E-state index in [0.29, 0.717) is 0 Å². The van der Waals surface area contributed by atoms with Crippen LogP contribution in [-0.2, 0) is 7.05 Å². The molecule has 0 saturated heterocycles. The zero-order valence-corrected chi connectivity index (χ0v) is 7.38. The number of aryl methyl sites for hydroxylation is 1. The summed E-state index contributed by atoms with van der Waals surface area (Å²) in [6, 6.07) is 0. The second-order valence-electron chi connectivity index (χ2n) is 2.28. The van der Waals surface area contributed by atoms with Gasteiger partial charge in [0.1, 0.15) is 6.33 Å². The van der Waals surface area contributed by atoms with Gasteiger partial charge < -0.3 is 5.11 Å². The number of rotatable bonds is 3. The quantitative estimate of drug-likeness (QED) is 0.667. The summed E-state index contributed by atoms with van der Waals surface area (Å²) in [5.74, 6) is 0. The van der Waals surface area contributed by atoms with Crippen molar-refractivity contribution in [3.05, 3.63) is 6.33 Å². The Labute approximate surface area is 69.6 Å². The molecule has 0 bridgehead atoms. The third kappa shape index (κ3) is 2.20. The molecular weight excluding hydrogens is 162 g/mol. The van der Waals surface area contributed by atoms with Gasteiger partial charge in [-0.05, 0) is 0 Å². The monoisotopic (exact) mass is 173 g/mol. The minimum atomic E-state index is 0.164. The molecule has 62 valence electrons. The molecule has 1 aromatic rings. The zero-order chi connectivity index (χ0) is 8.27. The number of nitrogens with zero attached hydrogens (tertiary/aromatic N) is 3. The lowest BCUT2D eigenvalue weighted by atomic mass is 10.5. The van der Waals surface area contributed by atoms with Crippen molar-refractivity contribution in [3.63, 3.8) is 0 Å². The standard InChI is InChI=1S/C6H11N3OS/c1-5(3-10)11-6-7-4-8-9(6)2/h4-5,10H,3H2,1-2H3. The highest BCUT2D eigenvalue weighted by atomic mass is 32.2. The van der Waals surface area contributed by atoms with Crippen LogP contribution in [0.5, 0.6) is 0 Å². The molecule has 0 aliphatic carbocycles. The molecule has 11 heavy (non-hydrogen) atoms. The summed E-state index contributed by atoms with van der Waals surface area (Å²) in [6.07, 6.45) is 1.51. The van der Waals surface area contributed by atoms with E-state index in [-0.39, 0.29) is 11.9 Å². The summed E-state index contributed by atoms with van der Waals surface area (Å²) in [4.78, 5) is 4.01. The van der Waals surface area contributed by atoms with Crippen molar-refractivity contribution in [1.29, 1.82) is 0 Å². The SMILES string of the molecule is CC(CO)Sc1ncnn1C. The summed E-state index contributed by atoms with van der Waals surface area (Å²) in [5.41, 5.74) is 0. The third-order valence-corrected chi connectivity index (χ3v) is 2.37. The van der Waals surface area contributed by atoms with E-state index in [1.54, 1.807) is 4.68 Å². The molecule has 0 aromatic carbocycles. The van der Waals surface area contributed by atoms with Crippen molar-refractivity contribution in [2.24, 2.45) is 7.05 Å². The lowest BCUT2D eigenvalue weighted by molar-refractivity contribution is 0.300. The predicted octanol–water partition coefficient (Wildman–Crippen LogP) is 0.288. The van der Waals surface area contributed by atoms with Crippen molar-refractivity contribution in [3.8, 4) is 0 Å². The van der Waals surface area contributed by atoms with Gasteiger partial charge in [0.25, 0.3) is 0 Å². The van der Waals surface area contributed by atoms with Crippen LogP contribution in [-0.4, -0.2) is 31.7 Å². The van der Waals surface area contributed by atoms with Gasteiger partial charge in [0.2, 0.25) is 0 Å². The van der Waals surface area contributed by atoms with Crippen LogP contribution in [0.3, 0.4) is 0 Å². The van der Waals surface area contributed by atoms with Crippen molar-refractivity contribution >= 4 is 11.8 Å². The van der Waals surface area contributed by atoms with Crippen LogP contribution in [0, 0.1) is 0 Å². The number of hydrogen-bond donors (Lipinski definition) is 1. The van der Waals surface area contributed by atoms with Crippen molar-refractivity contribution < 1.29 is 5.11 Å². The molecule has 0 aliphatic rings. The Morgan fingerprint density at radius 2 is 2.55 bits per heavy atom. The van der Waals surface area contributed by atoms with Crippen molar-refractivity contribution in [2.75, 3.05) is 6.61 Å². The van der Waals surface area contributed by atoms with E-state index < -0.39 is 0 Å². The number of hydrogen-bond acceptors (Lipinski definition) is 4. The van der Waals surface area contributed by atoms with Crippen LogP contribution in [0.2, 0.25) is 0 Å². The first-order valence-electron chi connectivity index (χ1n) is 3.35. The van der Waals surface area contributed by atoms with Gasteiger partial charge in [-0.15, -0.1) is 0 Å². The normalized spacial score (nSPS) is 13.4. The van der Waals surface area contributed by atoms with Crippen LogP contribution in [0.1, 0.15) is 6.92 Å². The highest BCUT2D eigenvalue weighted by Crippen LogP contribution is 2.18. The summed E-state index contributed by atoms with van der Waals surface area (Å²) >= 11 is 1.52. The topological polar surface area (TPSA) is 50.9 Å². The van der Waals surface area contributed by atoms with Gasteiger partial charge in [0, 0.05) is 12.3 Å². The molecule has 1 atom stereocenters. The Hall–Kier alpha value is -0.550. The number of aromatic nitrogens is 3. The number of aliphatic hydroxyl groups excluding tert-OH is 1. The van der Waals surface area contributed by atoms with Gasteiger partial charge in [0.15, 0.2) is 5.16 Å². The Morgan fingerprint density at radius 1 is 1.82 bits per heavy atom. The molecule has 0 amide bonds. The van der Waals surface area contributed by atoms with E-state index in [1.165, 1.54) is 18.1 Å². The van der Waals surface area contributed by atoms with E-state index in [9.17, 15) is 0 Å². The highest BCUT2D eigenvalue weighted by molar-refractivity contribution is 7.99. The largest absolute Gasteiger partial charge is 0.395 e. The van der Waals surface area contributed by atoms with E-state index in [2.05, 4.69) is 10.1 Å². The molecule has 1 unspecified atom stereocenters. The van der Waals surface area contributed by atoms with Gasteiger partial charge in [-0.2, -0.15) is 5.10 Å². The maximum Gasteiger partial charge on any atom is 0.186 e. The molecule has 1 heterocycles. The first-order valence-corrected chi connectivity index (χ1v) is 4.23. The van der Waals surface area contributed by atoms with Crippen LogP contribution in [0.25, 0.3) is 0 Å². The molecule has 4 nitrogen and oxygen atoms in total. The van der Waals surface area contributed by atoms with Crippen LogP contribution in [0.15, 0.2) is 11.5 Å². The van der Waals surface area contributed by atoms with Gasteiger partial charge in [-0.1, -0.05) is 18.7 Å². The average molecular weight is 173 g/mol. The summed E-state index contributed by atoms with van der Waals surface area (Å²) in [6.45, 7) is 2.11. The average Bonchev–Trinajstić information content (AvgIpc) is 2.37. The minimum Gasteiger partial charge on any atom is -0.395 e. The first kappa shape index (κ1) is 8.55. The van der Waals surface area contributed by atoms with Gasteiger partial charge in [-0.3, -0.25) is 0 Å². The van der Waals surface area contributed by atoms with E-state index in [1.807, 2.05) is 14.0 Å². The van der Waals surface area contributed by atoms with E-state index >= 15 is 0 Å². The highest BCUT2D eigenvalue weighted by Gasteiger charge is 2.06. The van der Waals surface area contributed by atoms with Gasteiger partial charge in [-0.25, -0.2) is 9.67 Å².